The maximum Gasteiger partial charge on any atom is 0.241 e. The number of hydrogen-bond donors (Lipinski definition) is 1. The second-order valence-electron chi connectivity index (χ2n) is 2.32. The molecule has 1 aromatic rings. The SMILES string of the molecule is Cc1cncc(C=CC(N)=O)n1. The van der Waals surface area contributed by atoms with Crippen molar-refractivity contribution in [2.75, 3.05) is 0 Å². The number of carbonyl (C=O) groups excluding carboxylic acids is 1. The molecule has 0 spiro atoms. The summed E-state index contributed by atoms with van der Waals surface area (Å²) in [5, 5.41) is 0. The van der Waals surface area contributed by atoms with Crippen LogP contribution in [0.4, 0.5) is 0 Å². The molecule has 2 N–H and O–H groups in total. The van der Waals surface area contributed by atoms with Gasteiger partial charge < -0.3 is 5.73 Å². The van der Waals surface area contributed by atoms with E-state index in [1.54, 1.807) is 12.4 Å². The van der Waals surface area contributed by atoms with E-state index in [4.69, 9.17) is 5.73 Å². The van der Waals surface area contributed by atoms with Crippen LogP contribution in [0.2, 0.25) is 0 Å². The van der Waals surface area contributed by atoms with Gasteiger partial charge in [0.1, 0.15) is 0 Å². The van der Waals surface area contributed by atoms with Crippen molar-refractivity contribution < 1.29 is 4.79 Å². The summed E-state index contributed by atoms with van der Waals surface area (Å²) in [4.78, 5) is 18.3. The van der Waals surface area contributed by atoms with Crippen LogP contribution >= 0.6 is 0 Å². The van der Waals surface area contributed by atoms with Crippen LogP contribution in [0.1, 0.15) is 11.4 Å². The largest absolute Gasteiger partial charge is 0.366 e. The van der Waals surface area contributed by atoms with Crippen molar-refractivity contribution in [2.45, 2.75) is 6.92 Å². The molecule has 4 nitrogen and oxygen atoms in total. The highest BCUT2D eigenvalue weighted by Gasteiger charge is 1.90. The Bertz CT molecular complexity index is 320. The minimum Gasteiger partial charge on any atom is -0.366 e. The van der Waals surface area contributed by atoms with Crippen molar-refractivity contribution in [2.24, 2.45) is 5.73 Å². The highest BCUT2D eigenvalue weighted by Crippen LogP contribution is 1.96. The van der Waals surface area contributed by atoms with Gasteiger partial charge >= 0.3 is 0 Å². The quantitative estimate of drug-likeness (QED) is 0.637. The van der Waals surface area contributed by atoms with Gasteiger partial charge in [0, 0.05) is 12.3 Å². The van der Waals surface area contributed by atoms with E-state index in [-0.39, 0.29) is 0 Å². The van der Waals surface area contributed by atoms with Crippen LogP contribution in [0, 0.1) is 6.92 Å². The van der Waals surface area contributed by atoms with Gasteiger partial charge in [-0.05, 0) is 13.0 Å². The van der Waals surface area contributed by atoms with Gasteiger partial charge in [0.15, 0.2) is 0 Å². The van der Waals surface area contributed by atoms with Crippen LogP contribution in [0.15, 0.2) is 18.5 Å². The molecule has 0 saturated heterocycles. The molecule has 0 saturated carbocycles. The lowest BCUT2D eigenvalue weighted by molar-refractivity contribution is -0.113. The smallest absolute Gasteiger partial charge is 0.241 e. The fraction of sp³-hybridized carbons (Fsp3) is 0.125. The maximum atomic E-state index is 10.3. The number of amides is 1. The summed E-state index contributed by atoms with van der Waals surface area (Å²) in [6, 6.07) is 0. The van der Waals surface area contributed by atoms with Gasteiger partial charge in [-0.2, -0.15) is 0 Å². The fourth-order valence-corrected chi connectivity index (χ4v) is 0.731. The van der Waals surface area contributed by atoms with Gasteiger partial charge in [-0.15, -0.1) is 0 Å². The molecule has 62 valence electrons. The van der Waals surface area contributed by atoms with E-state index in [2.05, 4.69) is 9.97 Å². The second kappa shape index (κ2) is 3.61. The van der Waals surface area contributed by atoms with Gasteiger partial charge in [-0.3, -0.25) is 14.8 Å². The minimum absolute atomic E-state index is 0.488. The first-order valence-corrected chi connectivity index (χ1v) is 3.44. The molecule has 12 heavy (non-hydrogen) atoms. The van der Waals surface area contributed by atoms with E-state index in [9.17, 15) is 4.79 Å². The van der Waals surface area contributed by atoms with Crippen LogP contribution in [-0.4, -0.2) is 15.9 Å². The van der Waals surface area contributed by atoms with Crippen molar-refractivity contribution in [1.29, 1.82) is 0 Å². The number of aryl methyl sites for hydroxylation is 1. The Balaban J connectivity index is 2.83. The van der Waals surface area contributed by atoms with Crippen molar-refractivity contribution in [3.63, 3.8) is 0 Å². The Hall–Kier alpha value is -1.71. The monoisotopic (exact) mass is 163 g/mol. The number of primary amides is 1. The molecule has 1 heterocycles. The summed E-state index contributed by atoms with van der Waals surface area (Å²) in [5.41, 5.74) is 6.34. The maximum absolute atomic E-state index is 10.3. The lowest BCUT2D eigenvalue weighted by Crippen LogP contribution is -2.05. The third-order valence-corrected chi connectivity index (χ3v) is 1.19. The Morgan fingerprint density at radius 3 is 2.92 bits per heavy atom. The molecule has 0 aliphatic heterocycles. The Labute approximate surface area is 70.1 Å². The first-order chi connectivity index (χ1) is 5.68. The number of nitrogens with two attached hydrogens (primary N) is 1. The highest BCUT2D eigenvalue weighted by molar-refractivity contribution is 5.89. The summed E-state index contributed by atoms with van der Waals surface area (Å²) in [6.45, 7) is 1.83. The molecular weight excluding hydrogens is 154 g/mol. The molecule has 0 bridgehead atoms. The standard InChI is InChI=1S/C8H9N3O/c1-6-4-10-5-7(11-6)2-3-8(9)12/h2-5H,1H3,(H2,9,12). The van der Waals surface area contributed by atoms with Crippen LogP contribution in [-0.2, 0) is 4.79 Å². The lowest BCUT2D eigenvalue weighted by atomic mass is 10.3. The number of carbonyl (C=O) groups is 1. The molecular formula is C8H9N3O. The van der Waals surface area contributed by atoms with E-state index >= 15 is 0 Å². The molecule has 0 aliphatic carbocycles. The van der Waals surface area contributed by atoms with E-state index in [0.29, 0.717) is 5.69 Å². The van der Waals surface area contributed by atoms with E-state index in [1.807, 2.05) is 6.92 Å². The number of aromatic nitrogens is 2. The minimum atomic E-state index is -0.488. The van der Waals surface area contributed by atoms with Crippen LogP contribution in [0.3, 0.4) is 0 Å². The average Bonchev–Trinajstić information content (AvgIpc) is 2.01. The van der Waals surface area contributed by atoms with E-state index in [1.165, 1.54) is 12.2 Å². The second-order valence-corrected chi connectivity index (χ2v) is 2.32. The molecule has 0 radical (unpaired) electrons. The average molecular weight is 163 g/mol. The Morgan fingerprint density at radius 2 is 2.33 bits per heavy atom. The first-order valence-electron chi connectivity index (χ1n) is 3.44. The van der Waals surface area contributed by atoms with Gasteiger partial charge in [0.05, 0.1) is 17.6 Å². The molecule has 0 atom stereocenters. The predicted molar refractivity (Wildman–Crippen MR) is 45.0 cm³/mol. The molecule has 1 rings (SSSR count). The molecule has 1 amide bonds. The Morgan fingerprint density at radius 1 is 1.58 bits per heavy atom. The molecule has 0 aliphatic rings. The first kappa shape index (κ1) is 8.39. The van der Waals surface area contributed by atoms with Gasteiger partial charge in [0.2, 0.25) is 5.91 Å². The van der Waals surface area contributed by atoms with Crippen molar-refractivity contribution in [3.8, 4) is 0 Å². The van der Waals surface area contributed by atoms with Crippen molar-refractivity contribution in [1.82, 2.24) is 9.97 Å². The highest BCUT2D eigenvalue weighted by atomic mass is 16.1. The van der Waals surface area contributed by atoms with Crippen molar-refractivity contribution >= 4 is 12.0 Å². The van der Waals surface area contributed by atoms with Crippen LogP contribution in [0.25, 0.3) is 6.08 Å². The van der Waals surface area contributed by atoms with Crippen molar-refractivity contribution in [3.05, 3.63) is 29.9 Å². The summed E-state index contributed by atoms with van der Waals surface area (Å²) in [7, 11) is 0. The van der Waals surface area contributed by atoms with Gasteiger partial charge in [-0.1, -0.05) is 0 Å². The van der Waals surface area contributed by atoms with Crippen LogP contribution in [0.5, 0.6) is 0 Å². The normalized spacial score (nSPS) is 10.4. The zero-order valence-electron chi connectivity index (χ0n) is 6.69. The van der Waals surface area contributed by atoms with E-state index < -0.39 is 5.91 Å². The topological polar surface area (TPSA) is 68.9 Å². The number of hydrogen-bond acceptors (Lipinski definition) is 3. The van der Waals surface area contributed by atoms with Crippen LogP contribution < -0.4 is 5.73 Å². The third kappa shape index (κ3) is 2.49. The zero-order chi connectivity index (χ0) is 8.97. The lowest BCUT2D eigenvalue weighted by Gasteiger charge is -1.92. The number of nitrogens with zero attached hydrogens (tertiary/aromatic N) is 2. The summed E-state index contributed by atoms with van der Waals surface area (Å²) in [6.07, 6.45) is 5.99. The summed E-state index contributed by atoms with van der Waals surface area (Å²) < 4.78 is 0. The van der Waals surface area contributed by atoms with Gasteiger partial charge in [-0.25, -0.2) is 0 Å². The Kier molecular flexibility index (Phi) is 2.53. The molecule has 4 heteroatoms. The van der Waals surface area contributed by atoms with E-state index in [0.717, 1.165) is 5.69 Å². The fourth-order valence-electron chi connectivity index (χ4n) is 0.731. The summed E-state index contributed by atoms with van der Waals surface area (Å²) in [5.74, 6) is -0.488. The summed E-state index contributed by atoms with van der Waals surface area (Å²) >= 11 is 0. The third-order valence-electron chi connectivity index (χ3n) is 1.19. The zero-order valence-corrected chi connectivity index (χ0v) is 6.69. The predicted octanol–water partition coefficient (Wildman–Crippen LogP) is 0.284. The number of rotatable bonds is 2. The molecule has 0 aromatic carbocycles. The van der Waals surface area contributed by atoms with Gasteiger partial charge in [0.25, 0.3) is 0 Å². The molecule has 0 unspecified atom stereocenters. The molecule has 0 fully saturated rings. The molecule has 1 aromatic heterocycles.